The first kappa shape index (κ1) is 5.12. The summed E-state index contributed by atoms with van der Waals surface area (Å²) in [6, 6.07) is 0. The van der Waals surface area contributed by atoms with Crippen LogP contribution in [-0.4, -0.2) is 14.8 Å². The van der Waals surface area contributed by atoms with Crippen molar-refractivity contribution >= 4 is 27.9 Å². The zero-order valence-electron chi connectivity index (χ0n) is 3.59. The lowest BCUT2D eigenvalue weighted by atomic mass is 10.5. The van der Waals surface area contributed by atoms with E-state index in [0.717, 1.165) is 10.6 Å². The van der Waals surface area contributed by atoms with E-state index in [1.807, 2.05) is 11.5 Å². The van der Waals surface area contributed by atoms with E-state index in [2.05, 4.69) is 0 Å². The Morgan fingerprint density at radius 2 is 2.71 bits per heavy atom. The van der Waals surface area contributed by atoms with Crippen LogP contribution in [0.15, 0.2) is 11.5 Å². The van der Waals surface area contributed by atoms with Gasteiger partial charge >= 0.3 is 0 Å². The molecule has 1 rings (SSSR count). The Morgan fingerprint density at radius 3 is 3.00 bits per heavy atom. The summed E-state index contributed by atoms with van der Waals surface area (Å²) >= 11 is 2.26. The topological polar surface area (TPSA) is 17.1 Å². The van der Waals surface area contributed by atoms with Gasteiger partial charge in [0.2, 0.25) is 0 Å². The maximum Gasteiger partial charge on any atom is 0.0929 e. The van der Waals surface area contributed by atoms with Gasteiger partial charge in [-0.1, -0.05) is 0 Å². The molecule has 1 aliphatic heterocycles. The Balaban J connectivity index is 2.77. The van der Waals surface area contributed by atoms with Gasteiger partial charge < -0.3 is 0 Å². The Kier molecular flexibility index (Phi) is 1.70. The Labute approximate surface area is 49.9 Å². The van der Waals surface area contributed by atoms with Gasteiger partial charge in [0.05, 0.1) is 16.1 Å². The largest absolute Gasteiger partial charge is 0.212 e. The standard InChI is InChI=1S/C4H4OS2/c5-7-4-1-2-6-3-4/h1-2H,3H2. The summed E-state index contributed by atoms with van der Waals surface area (Å²) in [5.74, 6) is 0.883. The lowest BCUT2D eigenvalue weighted by molar-refractivity contribution is 0.701. The van der Waals surface area contributed by atoms with Crippen molar-refractivity contribution in [2.24, 2.45) is 0 Å². The van der Waals surface area contributed by atoms with Crippen molar-refractivity contribution in [3.8, 4) is 0 Å². The maximum atomic E-state index is 9.95. The van der Waals surface area contributed by atoms with Gasteiger partial charge in [0.15, 0.2) is 0 Å². The first-order valence-electron chi connectivity index (χ1n) is 1.87. The molecular formula is C4H4OS2. The summed E-state index contributed by atoms with van der Waals surface area (Å²) in [5, 5.41) is 1.94. The number of hydrogen-bond acceptors (Lipinski definition) is 2. The molecule has 1 nitrogen and oxygen atoms in total. The minimum atomic E-state index is 0.591. The SMILES string of the molecule is O=S=C1C=CSC1. The van der Waals surface area contributed by atoms with Gasteiger partial charge in [0, 0.05) is 5.75 Å². The molecule has 0 aromatic rings. The van der Waals surface area contributed by atoms with E-state index in [1.54, 1.807) is 11.8 Å². The molecule has 7 heavy (non-hydrogen) atoms. The second kappa shape index (κ2) is 2.33. The molecule has 0 saturated heterocycles. The second-order valence-corrected chi connectivity index (χ2v) is 2.75. The minimum absolute atomic E-state index is 0.591. The van der Waals surface area contributed by atoms with Crippen LogP contribution in [0.2, 0.25) is 0 Å². The lowest BCUT2D eigenvalue weighted by Gasteiger charge is -1.75. The molecule has 0 spiro atoms. The van der Waals surface area contributed by atoms with Gasteiger partial charge in [-0.15, -0.1) is 11.8 Å². The third kappa shape index (κ3) is 1.17. The lowest BCUT2D eigenvalue weighted by Crippen LogP contribution is -1.88. The van der Waals surface area contributed by atoms with Gasteiger partial charge in [-0.2, -0.15) is 0 Å². The smallest absolute Gasteiger partial charge is 0.0929 e. The third-order valence-electron chi connectivity index (χ3n) is 0.683. The van der Waals surface area contributed by atoms with Crippen molar-refractivity contribution in [1.82, 2.24) is 0 Å². The van der Waals surface area contributed by atoms with Crippen LogP contribution in [0.4, 0.5) is 0 Å². The van der Waals surface area contributed by atoms with E-state index in [-0.39, 0.29) is 0 Å². The zero-order chi connectivity index (χ0) is 5.11. The van der Waals surface area contributed by atoms with E-state index in [9.17, 15) is 4.21 Å². The van der Waals surface area contributed by atoms with Crippen LogP contribution < -0.4 is 0 Å². The number of hydrogen-bond donors (Lipinski definition) is 0. The fraction of sp³-hybridized carbons (Fsp3) is 0.250. The van der Waals surface area contributed by atoms with Crippen LogP contribution in [0.1, 0.15) is 0 Å². The van der Waals surface area contributed by atoms with E-state index < -0.39 is 0 Å². The third-order valence-corrected chi connectivity index (χ3v) is 2.17. The van der Waals surface area contributed by atoms with Gasteiger partial charge in [0.1, 0.15) is 0 Å². The number of allylic oxidation sites excluding steroid dienone is 1. The first-order valence-corrected chi connectivity index (χ1v) is 3.66. The van der Waals surface area contributed by atoms with Crippen molar-refractivity contribution in [3.05, 3.63) is 11.5 Å². The van der Waals surface area contributed by atoms with Crippen LogP contribution in [0, 0.1) is 0 Å². The van der Waals surface area contributed by atoms with E-state index in [1.165, 1.54) is 0 Å². The van der Waals surface area contributed by atoms with Gasteiger partial charge in [-0.3, -0.25) is 0 Å². The fourth-order valence-corrected chi connectivity index (χ4v) is 1.58. The quantitative estimate of drug-likeness (QED) is 0.450. The van der Waals surface area contributed by atoms with Crippen molar-refractivity contribution in [3.63, 3.8) is 0 Å². The molecule has 0 unspecified atom stereocenters. The predicted molar refractivity (Wildman–Crippen MR) is 34.7 cm³/mol. The molecule has 0 bridgehead atoms. The fourth-order valence-electron chi connectivity index (χ4n) is 0.354. The van der Waals surface area contributed by atoms with Crippen LogP contribution >= 0.6 is 11.8 Å². The number of rotatable bonds is 0. The summed E-state index contributed by atoms with van der Waals surface area (Å²) in [5.41, 5.74) is 0. The normalized spacial score (nSPS) is 18.0. The Hall–Kier alpha value is -0.0200. The molecule has 0 N–H and O–H groups in total. The molecule has 0 radical (unpaired) electrons. The minimum Gasteiger partial charge on any atom is -0.212 e. The van der Waals surface area contributed by atoms with E-state index >= 15 is 0 Å². The second-order valence-electron chi connectivity index (χ2n) is 1.16. The van der Waals surface area contributed by atoms with Gasteiger partial charge in [-0.25, -0.2) is 4.21 Å². The van der Waals surface area contributed by atoms with Crippen molar-refractivity contribution < 1.29 is 4.21 Å². The van der Waals surface area contributed by atoms with Crippen molar-refractivity contribution in [2.75, 3.05) is 5.75 Å². The van der Waals surface area contributed by atoms with Crippen molar-refractivity contribution in [1.29, 1.82) is 0 Å². The summed E-state index contributed by atoms with van der Waals surface area (Å²) in [6.45, 7) is 0. The molecule has 0 amide bonds. The predicted octanol–water partition coefficient (Wildman–Crippen LogP) is 0.632. The summed E-state index contributed by atoms with van der Waals surface area (Å²) < 4.78 is 9.95. The highest BCUT2D eigenvalue weighted by atomic mass is 32.2. The highest BCUT2D eigenvalue weighted by molar-refractivity contribution is 8.04. The molecule has 1 aliphatic rings. The average Bonchev–Trinajstić information content (AvgIpc) is 2.14. The first-order chi connectivity index (χ1) is 3.43. The molecule has 1 heterocycles. The molecule has 0 atom stereocenters. The molecule has 0 aliphatic carbocycles. The Bertz CT molecular complexity index is 144. The summed E-state index contributed by atoms with van der Waals surface area (Å²) in [6.07, 6.45) is 1.86. The molecule has 0 fully saturated rings. The summed E-state index contributed by atoms with van der Waals surface area (Å²) in [7, 11) is 0. The maximum absolute atomic E-state index is 9.95. The van der Waals surface area contributed by atoms with E-state index in [0.29, 0.717) is 11.3 Å². The zero-order valence-corrected chi connectivity index (χ0v) is 5.22. The van der Waals surface area contributed by atoms with Crippen LogP contribution in [0.3, 0.4) is 0 Å². The molecule has 3 heteroatoms. The van der Waals surface area contributed by atoms with Crippen LogP contribution in [0.5, 0.6) is 0 Å². The van der Waals surface area contributed by atoms with Crippen molar-refractivity contribution in [2.45, 2.75) is 0 Å². The average molecular weight is 132 g/mol. The Morgan fingerprint density at radius 1 is 1.86 bits per heavy atom. The van der Waals surface area contributed by atoms with Crippen LogP contribution in [-0.2, 0) is 11.3 Å². The van der Waals surface area contributed by atoms with Gasteiger partial charge in [-0.05, 0) is 11.5 Å². The highest BCUT2D eigenvalue weighted by Crippen LogP contribution is 2.09. The number of thioether (sulfide) groups is 1. The highest BCUT2D eigenvalue weighted by Gasteiger charge is 1.97. The monoisotopic (exact) mass is 132 g/mol. The van der Waals surface area contributed by atoms with E-state index in [4.69, 9.17) is 0 Å². The molecule has 0 aromatic carbocycles. The summed E-state index contributed by atoms with van der Waals surface area (Å²) in [4.78, 5) is 0.935. The van der Waals surface area contributed by atoms with Gasteiger partial charge in [0.25, 0.3) is 0 Å². The van der Waals surface area contributed by atoms with Crippen LogP contribution in [0.25, 0.3) is 0 Å². The molecule has 0 saturated carbocycles. The molecule has 0 aromatic heterocycles. The molecular weight excluding hydrogens is 128 g/mol. The molecule has 38 valence electrons.